The molecule has 1 heterocycles. The number of aromatic nitrogens is 3. The summed E-state index contributed by atoms with van der Waals surface area (Å²) in [5.41, 5.74) is 3.82. The topological polar surface area (TPSA) is 68.8 Å². The first-order chi connectivity index (χ1) is 9.76. The summed E-state index contributed by atoms with van der Waals surface area (Å²) in [5.74, 6) is 6.43. The maximum Gasteiger partial charge on any atom is 0.0778 e. The van der Waals surface area contributed by atoms with Gasteiger partial charge in [-0.3, -0.25) is 11.3 Å². The molecule has 108 valence electrons. The number of rotatable bonds is 7. The minimum atomic E-state index is -0.0159. The molecule has 0 aliphatic heterocycles. The highest BCUT2D eigenvalue weighted by molar-refractivity contribution is 7.99. The molecule has 0 aliphatic carbocycles. The fourth-order valence-corrected chi connectivity index (χ4v) is 3.17. The summed E-state index contributed by atoms with van der Waals surface area (Å²) in [5, 5.41) is 8.81. The van der Waals surface area contributed by atoms with Crippen molar-refractivity contribution in [2.24, 2.45) is 5.84 Å². The van der Waals surface area contributed by atoms with E-state index in [1.165, 1.54) is 0 Å². The van der Waals surface area contributed by atoms with E-state index in [1.807, 2.05) is 28.9 Å². The highest BCUT2D eigenvalue weighted by atomic mass is 35.5. The molecule has 2 aromatic rings. The minimum absolute atomic E-state index is 0.0159. The smallest absolute Gasteiger partial charge is 0.0778 e. The van der Waals surface area contributed by atoms with Gasteiger partial charge in [-0.2, -0.15) is 0 Å². The van der Waals surface area contributed by atoms with Crippen molar-refractivity contribution in [2.75, 3.05) is 5.75 Å². The molecular formula is C13H18ClN5S. The predicted octanol–water partition coefficient (Wildman–Crippen LogP) is 2.64. The van der Waals surface area contributed by atoms with Crippen molar-refractivity contribution in [3.05, 3.63) is 41.2 Å². The van der Waals surface area contributed by atoms with E-state index in [4.69, 9.17) is 17.4 Å². The van der Waals surface area contributed by atoms with Crippen LogP contribution in [0, 0.1) is 0 Å². The number of nitrogens with one attached hydrogen (secondary N) is 1. The van der Waals surface area contributed by atoms with Crippen LogP contribution >= 0.6 is 23.4 Å². The number of aryl methyl sites for hydroxylation is 1. The lowest BCUT2D eigenvalue weighted by atomic mass is 10.2. The molecule has 0 fully saturated rings. The Morgan fingerprint density at radius 2 is 2.25 bits per heavy atom. The van der Waals surface area contributed by atoms with E-state index in [9.17, 15) is 0 Å². The van der Waals surface area contributed by atoms with Crippen LogP contribution in [0.2, 0.25) is 5.02 Å². The van der Waals surface area contributed by atoms with Crippen molar-refractivity contribution in [1.29, 1.82) is 0 Å². The molecule has 2 rings (SSSR count). The highest BCUT2D eigenvalue weighted by Crippen LogP contribution is 2.29. The lowest BCUT2D eigenvalue weighted by Crippen LogP contribution is -2.31. The van der Waals surface area contributed by atoms with Crippen LogP contribution in [0.5, 0.6) is 0 Å². The molecular weight excluding hydrogens is 294 g/mol. The average Bonchev–Trinajstić information content (AvgIpc) is 2.90. The molecule has 1 aromatic carbocycles. The Morgan fingerprint density at radius 3 is 2.95 bits per heavy atom. The molecule has 3 N–H and O–H groups in total. The quantitative estimate of drug-likeness (QED) is 0.467. The van der Waals surface area contributed by atoms with E-state index in [0.717, 1.165) is 34.3 Å². The van der Waals surface area contributed by atoms with Crippen LogP contribution < -0.4 is 11.3 Å². The zero-order valence-corrected chi connectivity index (χ0v) is 12.9. The fourth-order valence-electron chi connectivity index (χ4n) is 1.87. The van der Waals surface area contributed by atoms with Crippen molar-refractivity contribution in [1.82, 2.24) is 20.4 Å². The van der Waals surface area contributed by atoms with Gasteiger partial charge in [-0.25, -0.2) is 4.68 Å². The second-order valence-electron chi connectivity index (χ2n) is 4.34. The summed E-state index contributed by atoms with van der Waals surface area (Å²) in [7, 11) is 0. The SMILES string of the molecule is CCCn1nncc1C(CSc1ccccc1Cl)NN. The number of benzene rings is 1. The van der Waals surface area contributed by atoms with E-state index < -0.39 is 0 Å². The number of hydrazine groups is 1. The number of hydrogen-bond donors (Lipinski definition) is 2. The van der Waals surface area contributed by atoms with Crippen LogP contribution in [0.3, 0.4) is 0 Å². The van der Waals surface area contributed by atoms with Gasteiger partial charge in [0, 0.05) is 17.2 Å². The third-order valence-electron chi connectivity index (χ3n) is 2.88. The largest absolute Gasteiger partial charge is 0.271 e. The molecule has 0 radical (unpaired) electrons. The first-order valence-electron chi connectivity index (χ1n) is 6.48. The molecule has 0 bridgehead atoms. The molecule has 1 aromatic heterocycles. The van der Waals surface area contributed by atoms with Crippen molar-refractivity contribution in [3.8, 4) is 0 Å². The standard InChI is InChI=1S/C13H18ClN5S/c1-2-7-19-12(8-16-18-19)11(17-15)9-20-13-6-4-3-5-10(13)14/h3-6,8,11,17H,2,7,9,15H2,1H3. The second kappa shape index (κ2) is 7.64. The Bertz CT molecular complexity index is 545. The van der Waals surface area contributed by atoms with Gasteiger partial charge in [0.05, 0.1) is 23.0 Å². The van der Waals surface area contributed by atoms with Gasteiger partial charge >= 0.3 is 0 Å². The number of nitrogens with zero attached hydrogens (tertiary/aromatic N) is 3. The van der Waals surface area contributed by atoms with E-state index in [-0.39, 0.29) is 6.04 Å². The third kappa shape index (κ3) is 3.73. The average molecular weight is 312 g/mol. The Labute approximate surface area is 127 Å². The van der Waals surface area contributed by atoms with Crippen LogP contribution in [-0.4, -0.2) is 20.7 Å². The van der Waals surface area contributed by atoms with Crippen molar-refractivity contribution >= 4 is 23.4 Å². The van der Waals surface area contributed by atoms with Crippen LogP contribution in [-0.2, 0) is 6.54 Å². The van der Waals surface area contributed by atoms with Gasteiger partial charge in [-0.1, -0.05) is 35.9 Å². The van der Waals surface area contributed by atoms with Gasteiger partial charge in [0.2, 0.25) is 0 Å². The summed E-state index contributed by atoms with van der Waals surface area (Å²) in [6, 6.07) is 7.77. The Kier molecular flexibility index (Phi) is 5.85. The number of halogens is 1. The van der Waals surface area contributed by atoms with Crippen molar-refractivity contribution in [2.45, 2.75) is 30.8 Å². The van der Waals surface area contributed by atoms with E-state index in [2.05, 4.69) is 22.7 Å². The first kappa shape index (κ1) is 15.3. The molecule has 7 heteroatoms. The van der Waals surface area contributed by atoms with Crippen LogP contribution in [0.15, 0.2) is 35.4 Å². The van der Waals surface area contributed by atoms with Crippen LogP contribution in [0.25, 0.3) is 0 Å². The third-order valence-corrected chi connectivity index (χ3v) is 4.49. The monoisotopic (exact) mass is 311 g/mol. The Balaban J connectivity index is 2.06. The summed E-state index contributed by atoms with van der Waals surface area (Å²) < 4.78 is 1.89. The fraction of sp³-hybridized carbons (Fsp3) is 0.385. The van der Waals surface area contributed by atoms with Crippen molar-refractivity contribution < 1.29 is 0 Å². The zero-order chi connectivity index (χ0) is 14.4. The van der Waals surface area contributed by atoms with Gasteiger partial charge < -0.3 is 0 Å². The lowest BCUT2D eigenvalue weighted by molar-refractivity contribution is 0.501. The maximum absolute atomic E-state index is 6.15. The zero-order valence-electron chi connectivity index (χ0n) is 11.3. The summed E-state index contributed by atoms with van der Waals surface area (Å²) in [6.45, 7) is 2.94. The maximum atomic E-state index is 6.15. The van der Waals surface area contributed by atoms with Gasteiger partial charge in [-0.05, 0) is 18.6 Å². The molecule has 0 spiro atoms. The summed E-state index contributed by atoms with van der Waals surface area (Å²) in [6.07, 6.45) is 2.76. The number of nitrogens with two attached hydrogens (primary N) is 1. The Hall–Kier alpha value is -1.08. The van der Waals surface area contributed by atoms with Gasteiger partial charge in [0.15, 0.2) is 0 Å². The van der Waals surface area contributed by atoms with Crippen molar-refractivity contribution in [3.63, 3.8) is 0 Å². The lowest BCUT2D eigenvalue weighted by Gasteiger charge is -2.16. The summed E-state index contributed by atoms with van der Waals surface area (Å²) in [4.78, 5) is 1.05. The number of hydrogen-bond acceptors (Lipinski definition) is 5. The molecule has 0 amide bonds. The summed E-state index contributed by atoms with van der Waals surface area (Å²) >= 11 is 7.82. The van der Waals surface area contributed by atoms with E-state index in [0.29, 0.717) is 0 Å². The van der Waals surface area contributed by atoms with Crippen LogP contribution in [0.1, 0.15) is 25.1 Å². The number of thioether (sulfide) groups is 1. The minimum Gasteiger partial charge on any atom is -0.271 e. The normalized spacial score (nSPS) is 12.6. The Morgan fingerprint density at radius 1 is 1.45 bits per heavy atom. The molecule has 0 aliphatic rings. The highest BCUT2D eigenvalue weighted by Gasteiger charge is 2.16. The van der Waals surface area contributed by atoms with Gasteiger partial charge in [-0.15, -0.1) is 16.9 Å². The molecule has 5 nitrogen and oxygen atoms in total. The van der Waals surface area contributed by atoms with Gasteiger partial charge in [0.25, 0.3) is 0 Å². The first-order valence-corrected chi connectivity index (χ1v) is 7.84. The molecule has 1 unspecified atom stereocenters. The molecule has 0 saturated heterocycles. The van der Waals surface area contributed by atoms with Crippen LogP contribution in [0.4, 0.5) is 0 Å². The van der Waals surface area contributed by atoms with E-state index in [1.54, 1.807) is 18.0 Å². The van der Waals surface area contributed by atoms with E-state index >= 15 is 0 Å². The molecule has 0 saturated carbocycles. The van der Waals surface area contributed by atoms with Gasteiger partial charge in [0.1, 0.15) is 0 Å². The predicted molar refractivity (Wildman–Crippen MR) is 82.6 cm³/mol. The second-order valence-corrected chi connectivity index (χ2v) is 5.81. The molecule has 1 atom stereocenters. The molecule has 20 heavy (non-hydrogen) atoms.